The fourth-order valence-electron chi connectivity index (χ4n) is 2.93. The molecule has 0 radical (unpaired) electrons. The van der Waals surface area contributed by atoms with Gasteiger partial charge in [0.2, 0.25) is 15.7 Å². The van der Waals surface area contributed by atoms with E-state index in [-0.39, 0.29) is 33.5 Å². The number of imidazole rings is 1. The summed E-state index contributed by atoms with van der Waals surface area (Å²) in [7, 11) is -0.709. The van der Waals surface area contributed by atoms with Gasteiger partial charge in [0.05, 0.1) is 26.5 Å². The van der Waals surface area contributed by atoms with Crippen LogP contribution >= 0.6 is 0 Å². The van der Waals surface area contributed by atoms with Crippen LogP contribution in [0.15, 0.2) is 51.0 Å². The number of fused-ring (bicyclic) bond motifs is 1. The highest BCUT2D eigenvalue weighted by atomic mass is 32.2. The van der Waals surface area contributed by atoms with E-state index in [4.69, 9.17) is 0 Å². The van der Waals surface area contributed by atoms with E-state index in [0.29, 0.717) is 11.0 Å². The smallest absolute Gasteiger partial charge is 0.325 e. The second-order valence-corrected chi connectivity index (χ2v) is 8.37. The van der Waals surface area contributed by atoms with E-state index >= 15 is 0 Å². The molecule has 0 saturated heterocycles. The Hall–Kier alpha value is -2.87. The average Bonchev–Trinajstić information content (AvgIpc) is 2.85. The SMILES string of the molecule is CCC(=O)Nc1cc2c(cc1S(=O)(=O)c1ccc(C)cc1)n(C)c(=O)n2C. The molecule has 3 aromatic rings. The predicted octanol–water partition coefficient (Wildman–Crippen LogP) is 2.37. The number of sulfone groups is 1. The van der Waals surface area contributed by atoms with Gasteiger partial charge in [0, 0.05) is 20.5 Å². The van der Waals surface area contributed by atoms with E-state index in [1.165, 1.54) is 33.4 Å². The Balaban J connectivity index is 2.33. The van der Waals surface area contributed by atoms with Crippen molar-refractivity contribution >= 4 is 32.5 Å². The largest absolute Gasteiger partial charge is 0.328 e. The van der Waals surface area contributed by atoms with Crippen molar-refractivity contribution in [1.29, 1.82) is 0 Å². The van der Waals surface area contributed by atoms with Gasteiger partial charge in [-0.05, 0) is 31.2 Å². The van der Waals surface area contributed by atoms with E-state index in [1.807, 2.05) is 6.92 Å². The highest BCUT2D eigenvalue weighted by Gasteiger charge is 2.25. The van der Waals surface area contributed by atoms with E-state index in [1.54, 1.807) is 33.2 Å². The second-order valence-electron chi connectivity index (χ2n) is 6.46. The molecule has 0 bridgehead atoms. The van der Waals surface area contributed by atoms with Crippen molar-refractivity contribution < 1.29 is 13.2 Å². The lowest BCUT2D eigenvalue weighted by Crippen LogP contribution is -2.19. The lowest BCUT2D eigenvalue weighted by molar-refractivity contribution is -0.115. The average molecular weight is 387 g/mol. The quantitative estimate of drug-likeness (QED) is 0.744. The summed E-state index contributed by atoms with van der Waals surface area (Å²) in [6, 6.07) is 9.47. The van der Waals surface area contributed by atoms with Gasteiger partial charge in [-0.15, -0.1) is 0 Å². The van der Waals surface area contributed by atoms with Crippen LogP contribution in [0.2, 0.25) is 0 Å². The highest BCUT2D eigenvalue weighted by molar-refractivity contribution is 7.91. The van der Waals surface area contributed by atoms with Crippen LogP contribution in [0.25, 0.3) is 11.0 Å². The Morgan fingerprint density at radius 2 is 1.59 bits per heavy atom. The number of nitrogens with zero attached hydrogens (tertiary/aromatic N) is 2. The molecule has 3 rings (SSSR count). The van der Waals surface area contributed by atoms with Crippen molar-refractivity contribution in [2.45, 2.75) is 30.1 Å². The molecule has 0 aliphatic carbocycles. The van der Waals surface area contributed by atoms with Crippen LogP contribution in [0, 0.1) is 6.92 Å². The first-order valence-corrected chi connectivity index (χ1v) is 9.96. The molecule has 0 aliphatic heterocycles. The molecule has 1 amide bonds. The van der Waals surface area contributed by atoms with E-state index in [2.05, 4.69) is 5.32 Å². The first-order valence-electron chi connectivity index (χ1n) is 8.48. The minimum atomic E-state index is -3.89. The maximum atomic E-state index is 13.2. The molecule has 2 aromatic carbocycles. The summed E-state index contributed by atoms with van der Waals surface area (Å²) in [6.45, 7) is 3.55. The molecular formula is C19H21N3O4S. The minimum Gasteiger partial charge on any atom is -0.325 e. The highest BCUT2D eigenvalue weighted by Crippen LogP contribution is 2.32. The molecule has 1 aromatic heterocycles. The predicted molar refractivity (Wildman–Crippen MR) is 104 cm³/mol. The number of carbonyl (C=O) groups excluding carboxylic acids is 1. The van der Waals surface area contributed by atoms with Crippen LogP contribution in [0.4, 0.5) is 5.69 Å². The maximum absolute atomic E-state index is 13.2. The summed E-state index contributed by atoms with van der Waals surface area (Å²) in [4.78, 5) is 24.3. The number of rotatable bonds is 4. The van der Waals surface area contributed by atoms with Gasteiger partial charge < -0.3 is 5.32 Å². The van der Waals surface area contributed by atoms with Gasteiger partial charge in [0.15, 0.2) is 0 Å². The molecule has 27 heavy (non-hydrogen) atoms. The number of nitrogens with one attached hydrogen (secondary N) is 1. The Kier molecular flexibility index (Phi) is 4.69. The van der Waals surface area contributed by atoms with Gasteiger partial charge in [-0.2, -0.15) is 0 Å². The van der Waals surface area contributed by atoms with Crippen LogP contribution in [0.1, 0.15) is 18.9 Å². The summed E-state index contributed by atoms with van der Waals surface area (Å²) in [5.74, 6) is -0.310. The van der Waals surface area contributed by atoms with Crippen molar-refractivity contribution in [3.05, 3.63) is 52.4 Å². The van der Waals surface area contributed by atoms with Gasteiger partial charge in [0.1, 0.15) is 0 Å². The third-order valence-corrected chi connectivity index (χ3v) is 6.40. The molecule has 7 nitrogen and oxygen atoms in total. The maximum Gasteiger partial charge on any atom is 0.328 e. The fraction of sp³-hybridized carbons (Fsp3) is 0.263. The monoisotopic (exact) mass is 387 g/mol. The molecule has 0 atom stereocenters. The molecular weight excluding hydrogens is 366 g/mol. The zero-order valence-electron chi connectivity index (χ0n) is 15.6. The number of carbonyl (C=O) groups is 1. The molecule has 142 valence electrons. The molecule has 1 heterocycles. The van der Waals surface area contributed by atoms with Crippen molar-refractivity contribution in [2.24, 2.45) is 14.1 Å². The number of amides is 1. The van der Waals surface area contributed by atoms with Gasteiger partial charge in [-0.25, -0.2) is 13.2 Å². The van der Waals surface area contributed by atoms with Crippen molar-refractivity contribution in [3.63, 3.8) is 0 Å². The number of aromatic nitrogens is 2. The third kappa shape index (κ3) is 3.16. The lowest BCUT2D eigenvalue weighted by Gasteiger charge is -2.13. The standard InChI is InChI=1S/C19H21N3O4S/c1-5-18(23)20-14-10-15-16(22(4)19(24)21(15)3)11-17(14)27(25,26)13-8-6-12(2)7-9-13/h6-11H,5H2,1-4H3,(H,20,23). The Morgan fingerprint density at radius 3 is 2.15 bits per heavy atom. The molecule has 0 unspecified atom stereocenters. The third-order valence-electron chi connectivity index (χ3n) is 4.59. The summed E-state index contributed by atoms with van der Waals surface area (Å²) in [5, 5.41) is 2.65. The molecule has 8 heteroatoms. The summed E-state index contributed by atoms with van der Waals surface area (Å²) in [5.41, 5.74) is 1.84. The Bertz CT molecular complexity index is 1200. The van der Waals surface area contributed by atoms with Crippen molar-refractivity contribution in [1.82, 2.24) is 9.13 Å². The van der Waals surface area contributed by atoms with Crippen molar-refractivity contribution in [3.8, 4) is 0 Å². The Morgan fingerprint density at radius 1 is 1.04 bits per heavy atom. The number of benzene rings is 2. The topological polar surface area (TPSA) is 90.2 Å². The first-order chi connectivity index (χ1) is 12.7. The van der Waals surface area contributed by atoms with Gasteiger partial charge in [-0.3, -0.25) is 13.9 Å². The zero-order valence-corrected chi connectivity index (χ0v) is 16.4. The molecule has 0 saturated carbocycles. The van der Waals surface area contributed by atoms with Gasteiger partial charge in [0.25, 0.3) is 0 Å². The van der Waals surface area contributed by atoms with E-state index < -0.39 is 9.84 Å². The zero-order chi connectivity index (χ0) is 19.9. The summed E-state index contributed by atoms with van der Waals surface area (Å²) in [6.07, 6.45) is 0.204. The first kappa shape index (κ1) is 18.9. The summed E-state index contributed by atoms with van der Waals surface area (Å²) >= 11 is 0. The van der Waals surface area contributed by atoms with Crippen LogP contribution in [0.3, 0.4) is 0 Å². The molecule has 1 N–H and O–H groups in total. The van der Waals surface area contributed by atoms with Crippen molar-refractivity contribution in [2.75, 3.05) is 5.32 Å². The number of aryl methyl sites for hydroxylation is 3. The molecule has 0 spiro atoms. The van der Waals surface area contributed by atoms with Crippen LogP contribution in [-0.4, -0.2) is 23.5 Å². The Labute approximate surface area is 157 Å². The normalized spacial score (nSPS) is 11.7. The van der Waals surface area contributed by atoms with Crippen LogP contribution in [-0.2, 0) is 28.7 Å². The number of anilines is 1. The fourth-order valence-corrected chi connectivity index (χ4v) is 4.34. The number of hydrogen-bond donors (Lipinski definition) is 1. The number of hydrogen-bond acceptors (Lipinski definition) is 4. The van der Waals surface area contributed by atoms with E-state index in [9.17, 15) is 18.0 Å². The lowest BCUT2D eigenvalue weighted by atomic mass is 10.2. The van der Waals surface area contributed by atoms with E-state index in [0.717, 1.165) is 5.56 Å². The molecule has 0 fully saturated rings. The minimum absolute atomic E-state index is 0.0400. The second kappa shape index (κ2) is 6.70. The van der Waals surface area contributed by atoms with Gasteiger partial charge >= 0.3 is 5.69 Å². The summed E-state index contributed by atoms with van der Waals surface area (Å²) < 4.78 is 29.3. The van der Waals surface area contributed by atoms with Crippen LogP contribution in [0.5, 0.6) is 0 Å². The van der Waals surface area contributed by atoms with Gasteiger partial charge in [-0.1, -0.05) is 24.6 Å². The van der Waals surface area contributed by atoms with Crippen LogP contribution < -0.4 is 11.0 Å². The molecule has 0 aliphatic rings.